The molecule has 3 heteroatoms. The van der Waals surface area contributed by atoms with Gasteiger partial charge in [0.1, 0.15) is 0 Å². The zero-order valence-corrected chi connectivity index (χ0v) is 14.3. The lowest BCUT2D eigenvalue weighted by Crippen LogP contribution is -2.24. The standard InChI is InChI=1S/C17H27BrN2/c1-3-5-14-6-4-10-20(11-9-14)17-8-7-15(13(2)19)12-16(17)18/h7-8,12-14H,3-6,9-11,19H2,1-2H3/t13-,14?/m1/s1. The van der Waals surface area contributed by atoms with E-state index in [9.17, 15) is 0 Å². The van der Waals surface area contributed by atoms with Gasteiger partial charge in [-0.05, 0) is 65.7 Å². The normalized spacial score (nSPS) is 21.6. The monoisotopic (exact) mass is 338 g/mol. The second kappa shape index (κ2) is 7.46. The first-order valence-electron chi connectivity index (χ1n) is 7.91. The third-order valence-electron chi connectivity index (χ3n) is 4.38. The summed E-state index contributed by atoms with van der Waals surface area (Å²) in [6.07, 6.45) is 6.73. The molecule has 0 spiro atoms. The summed E-state index contributed by atoms with van der Waals surface area (Å²) >= 11 is 3.73. The van der Waals surface area contributed by atoms with E-state index in [0.717, 1.165) is 5.92 Å². The van der Waals surface area contributed by atoms with Crippen LogP contribution in [0.25, 0.3) is 0 Å². The fraction of sp³-hybridized carbons (Fsp3) is 0.647. The van der Waals surface area contributed by atoms with Crippen molar-refractivity contribution in [1.82, 2.24) is 0 Å². The molecule has 0 bridgehead atoms. The first-order chi connectivity index (χ1) is 9.61. The second-order valence-electron chi connectivity index (χ2n) is 6.07. The molecule has 0 radical (unpaired) electrons. The maximum atomic E-state index is 5.95. The molecule has 1 aliphatic heterocycles. The number of nitrogens with zero attached hydrogens (tertiary/aromatic N) is 1. The lowest BCUT2D eigenvalue weighted by molar-refractivity contribution is 0.435. The van der Waals surface area contributed by atoms with Crippen molar-refractivity contribution >= 4 is 21.6 Å². The Bertz CT molecular complexity index is 431. The smallest absolute Gasteiger partial charge is 0.0510 e. The second-order valence-corrected chi connectivity index (χ2v) is 6.93. The van der Waals surface area contributed by atoms with Crippen LogP contribution in [0.3, 0.4) is 0 Å². The quantitative estimate of drug-likeness (QED) is 0.847. The van der Waals surface area contributed by atoms with E-state index in [1.165, 1.54) is 60.9 Å². The summed E-state index contributed by atoms with van der Waals surface area (Å²) in [6.45, 7) is 6.69. The lowest BCUT2D eigenvalue weighted by atomic mass is 9.96. The molecule has 112 valence electrons. The Labute approximate surface area is 131 Å². The van der Waals surface area contributed by atoms with Crippen LogP contribution in [0.4, 0.5) is 5.69 Å². The fourth-order valence-electron chi connectivity index (χ4n) is 3.17. The number of benzene rings is 1. The van der Waals surface area contributed by atoms with Crippen LogP contribution in [0.5, 0.6) is 0 Å². The van der Waals surface area contributed by atoms with Crippen LogP contribution in [0, 0.1) is 5.92 Å². The minimum Gasteiger partial charge on any atom is -0.371 e. The maximum Gasteiger partial charge on any atom is 0.0510 e. The third kappa shape index (κ3) is 3.98. The van der Waals surface area contributed by atoms with Crippen molar-refractivity contribution in [2.75, 3.05) is 18.0 Å². The molecule has 1 saturated heterocycles. The van der Waals surface area contributed by atoms with Gasteiger partial charge in [-0.3, -0.25) is 0 Å². The largest absolute Gasteiger partial charge is 0.371 e. The van der Waals surface area contributed by atoms with Crippen LogP contribution in [-0.4, -0.2) is 13.1 Å². The number of hydrogen-bond acceptors (Lipinski definition) is 2. The Hall–Kier alpha value is -0.540. The summed E-state index contributed by atoms with van der Waals surface area (Å²) in [5.41, 5.74) is 8.47. The minimum atomic E-state index is 0.0958. The summed E-state index contributed by atoms with van der Waals surface area (Å²) in [5, 5.41) is 0. The molecule has 1 heterocycles. The van der Waals surface area contributed by atoms with Crippen molar-refractivity contribution in [2.45, 2.75) is 52.0 Å². The molecule has 1 aromatic carbocycles. The van der Waals surface area contributed by atoms with Gasteiger partial charge in [0.05, 0.1) is 5.69 Å². The van der Waals surface area contributed by atoms with Crippen molar-refractivity contribution in [2.24, 2.45) is 11.7 Å². The zero-order valence-electron chi connectivity index (χ0n) is 12.7. The number of hydrogen-bond donors (Lipinski definition) is 1. The number of halogens is 1. The summed E-state index contributed by atoms with van der Waals surface area (Å²) in [6, 6.07) is 6.66. The van der Waals surface area contributed by atoms with Gasteiger partial charge in [-0.2, -0.15) is 0 Å². The predicted octanol–water partition coefficient (Wildman–Crippen LogP) is 4.88. The van der Waals surface area contributed by atoms with E-state index >= 15 is 0 Å². The fourth-order valence-corrected chi connectivity index (χ4v) is 3.81. The van der Waals surface area contributed by atoms with Gasteiger partial charge in [0.2, 0.25) is 0 Å². The molecule has 0 amide bonds. The average molecular weight is 339 g/mol. The van der Waals surface area contributed by atoms with Crippen LogP contribution >= 0.6 is 15.9 Å². The van der Waals surface area contributed by atoms with Gasteiger partial charge < -0.3 is 10.6 Å². The van der Waals surface area contributed by atoms with Gasteiger partial charge in [0, 0.05) is 23.6 Å². The van der Waals surface area contributed by atoms with Crippen molar-refractivity contribution in [1.29, 1.82) is 0 Å². The molecule has 20 heavy (non-hydrogen) atoms. The molecule has 2 rings (SSSR count). The van der Waals surface area contributed by atoms with E-state index in [0.29, 0.717) is 0 Å². The molecule has 2 N–H and O–H groups in total. The van der Waals surface area contributed by atoms with E-state index in [1.807, 2.05) is 6.92 Å². The van der Waals surface area contributed by atoms with Gasteiger partial charge in [-0.25, -0.2) is 0 Å². The van der Waals surface area contributed by atoms with Crippen molar-refractivity contribution in [3.63, 3.8) is 0 Å². The first kappa shape index (κ1) is 15.8. The molecule has 1 fully saturated rings. The molecular weight excluding hydrogens is 312 g/mol. The van der Waals surface area contributed by atoms with Crippen LogP contribution in [-0.2, 0) is 0 Å². The highest BCUT2D eigenvalue weighted by molar-refractivity contribution is 9.10. The third-order valence-corrected chi connectivity index (χ3v) is 5.02. The summed E-state index contributed by atoms with van der Waals surface area (Å²) in [5.74, 6) is 0.923. The Balaban J connectivity index is 2.07. The van der Waals surface area contributed by atoms with Crippen LogP contribution < -0.4 is 10.6 Å². The topological polar surface area (TPSA) is 29.3 Å². The first-order valence-corrected chi connectivity index (χ1v) is 8.71. The van der Waals surface area contributed by atoms with Gasteiger partial charge >= 0.3 is 0 Å². The van der Waals surface area contributed by atoms with Crippen LogP contribution in [0.2, 0.25) is 0 Å². The van der Waals surface area contributed by atoms with Gasteiger partial charge in [-0.1, -0.05) is 25.8 Å². The van der Waals surface area contributed by atoms with Crippen molar-refractivity contribution in [3.05, 3.63) is 28.2 Å². The highest BCUT2D eigenvalue weighted by Gasteiger charge is 2.18. The SMILES string of the molecule is CCCC1CCCN(c2ccc([C@@H](C)N)cc2Br)CC1. The summed E-state index contributed by atoms with van der Waals surface area (Å²) in [4.78, 5) is 2.53. The zero-order chi connectivity index (χ0) is 14.5. The highest BCUT2D eigenvalue weighted by Crippen LogP contribution is 2.32. The summed E-state index contributed by atoms with van der Waals surface area (Å²) in [7, 11) is 0. The van der Waals surface area contributed by atoms with E-state index < -0.39 is 0 Å². The van der Waals surface area contributed by atoms with E-state index in [4.69, 9.17) is 5.73 Å². The number of nitrogens with two attached hydrogens (primary N) is 1. The predicted molar refractivity (Wildman–Crippen MR) is 91.2 cm³/mol. The van der Waals surface area contributed by atoms with E-state index in [-0.39, 0.29) is 6.04 Å². The average Bonchev–Trinajstić information content (AvgIpc) is 2.65. The molecular formula is C17H27BrN2. The van der Waals surface area contributed by atoms with Crippen molar-refractivity contribution in [3.8, 4) is 0 Å². The van der Waals surface area contributed by atoms with Crippen molar-refractivity contribution < 1.29 is 0 Å². The minimum absolute atomic E-state index is 0.0958. The molecule has 0 saturated carbocycles. The maximum absolute atomic E-state index is 5.95. The lowest BCUT2D eigenvalue weighted by Gasteiger charge is -2.25. The Morgan fingerprint density at radius 2 is 2.15 bits per heavy atom. The van der Waals surface area contributed by atoms with E-state index in [2.05, 4.69) is 46.0 Å². The molecule has 1 aromatic rings. The molecule has 2 nitrogen and oxygen atoms in total. The Morgan fingerprint density at radius 1 is 1.35 bits per heavy atom. The molecule has 1 unspecified atom stereocenters. The van der Waals surface area contributed by atoms with Crippen LogP contribution in [0.1, 0.15) is 57.6 Å². The Kier molecular flexibility index (Phi) is 5.91. The molecule has 0 aliphatic carbocycles. The summed E-state index contributed by atoms with van der Waals surface area (Å²) < 4.78 is 1.18. The van der Waals surface area contributed by atoms with Crippen LogP contribution in [0.15, 0.2) is 22.7 Å². The van der Waals surface area contributed by atoms with Gasteiger partial charge in [0.25, 0.3) is 0 Å². The molecule has 2 atom stereocenters. The highest BCUT2D eigenvalue weighted by atomic mass is 79.9. The number of rotatable bonds is 4. The molecule has 0 aromatic heterocycles. The van der Waals surface area contributed by atoms with Gasteiger partial charge in [-0.15, -0.1) is 0 Å². The molecule has 1 aliphatic rings. The Morgan fingerprint density at radius 3 is 2.80 bits per heavy atom. The number of anilines is 1. The van der Waals surface area contributed by atoms with Gasteiger partial charge in [0.15, 0.2) is 0 Å². The van der Waals surface area contributed by atoms with E-state index in [1.54, 1.807) is 0 Å².